The molecule has 0 bridgehead atoms. The Kier molecular flexibility index (Phi) is 6.18. The number of nitrogens with one attached hydrogen (secondary N) is 2. The molecule has 3 amide bonds. The predicted molar refractivity (Wildman–Crippen MR) is 113 cm³/mol. The Morgan fingerprint density at radius 2 is 2.03 bits per heavy atom. The van der Waals surface area contributed by atoms with Gasteiger partial charge in [0.05, 0.1) is 25.0 Å². The van der Waals surface area contributed by atoms with Gasteiger partial charge in [0.1, 0.15) is 11.4 Å². The SMILES string of the molecule is COc1ccc(Cl)cc1NC(=O)Nc1nc2c(s1)CN(C(=O)OC(C)(C)C)CC2. The lowest BCUT2D eigenvalue weighted by molar-refractivity contribution is 0.0225. The second kappa shape index (κ2) is 8.46. The summed E-state index contributed by atoms with van der Waals surface area (Å²) >= 11 is 7.32. The number of aromatic nitrogens is 1. The molecule has 1 aliphatic heterocycles. The first-order valence-corrected chi connectivity index (χ1v) is 10.2. The lowest BCUT2D eigenvalue weighted by Gasteiger charge is -2.29. The van der Waals surface area contributed by atoms with Gasteiger partial charge in [-0.1, -0.05) is 22.9 Å². The van der Waals surface area contributed by atoms with Crippen molar-refractivity contribution in [2.45, 2.75) is 39.3 Å². The highest BCUT2D eigenvalue weighted by atomic mass is 35.5. The molecule has 10 heteroatoms. The van der Waals surface area contributed by atoms with Crippen molar-refractivity contribution in [3.63, 3.8) is 0 Å². The number of amides is 3. The van der Waals surface area contributed by atoms with Gasteiger partial charge in [-0.15, -0.1) is 0 Å². The highest BCUT2D eigenvalue weighted by Crippen LogP contribution is 2.30. The zero-order chi connectivity index (χ0) is 21.2. The number of methoxy groups -OCH3 is 1. The highest BCUT2D eigenvalue weighted by molar-refractivity contribution is 7.15. The van der Waals surface area contributed by atoms with Crippen LogP contribution in [0.1, 0.15) is 31.3 Å². The van der Waals surface area contributed by atoms with Crippen LogP contribution in [0.25, 0.3) is 0 Å². The van der Waals surface area contributed by atoms with Crippen molar-refractivity contribution in [2.75, 3.05) is 24.3 Å². The number of ether oxygens (including phenoxy) is 2. The molecule has 1 aromatic carbocycles. The van der Waals surface area contributed by atoms with Crippen LogP contribution in [0, 0.1) is 0 Å². The van der Waals surface area contributed by atoms with E-state index in [4.69, 9.17) is 21.1 Å². The maximum atomic E-state index is 12.4. The Bertz CT molecular complexity index is 925. The van der Waals surface area contributed by atoms with Crippen LogP contribution in [0.2, 0.25) is 5.02 Å². The third-order valence-electron chi connectivity index (χ3n) is 4.01. The standard InChI is InChI=1S/C19H23ClN4O4S/c1-19(2,3)28-18(26)24-8-7-12-15(10-24)29-17(22-12)23-16(25)21-13-9-11(20)5-6-14(13)27-4/h5-6,9H,7-8,10H2,1-4H3,(H2,21,22,23,25). The van der Waals surface area contributed by atoms with Crippen LogP contribution in [0.5, 0.6) is 5.75 Å². The topological polar surface area (TPSA) is 92.8 Å². The number of urea groups is 1. The van der Waals surface area contributed by atoms with Gasteiger partial charge in [-0.3, -0.25) is 5.32 Å². The molecule has 0 atom stereocenters. The molecule has 1 aromatic heterocycles. The first kappa shape index (κ1) is 21.2. The first-order chi connectivity index (χ1) is 13.6. The Hall–Kier alpha value is -2.52. The van der Waals surface area contributed by atoms with E-state index in [9.17, 15) is 9.59 Å². The first-order valence-electron chi connectivity index (χ1n) is 9.02. The summed E-state index contributed by atoms with van der Waals surface area (Å²) in [5, 5.41) is 6.37. The monoisotopic (exact) mass is 438 g/mol. The fraction of sp³-hybridized carbons (Fsp3) is 0.421. The summed E-state index contributed by atoms with van der Waals surface area (Å²) in [4.78, 5) is 31.7. The average molecular weight is 439 g/mol. The number of nitrogens with zero attached hydrogens (tertiary/aromatic N) is 2. The molecule has 2 aromatic rings. The Labute approximate surface area is 178 Å². The van der Waals surface area contributed by atoms with E-state index in [0.29, 0.717) is 41.1 Å². The third kappa shape index (κ3) is 5.51. The number of rotatable bonds is 3. The van der Waals surface area contributed by atoms with Crippen LogP contribution in [-0.4, -0.2) is 41.3 Å². The molecule has 156 valence electrons. The van der Waals surface area contributed by atoms with Crippen molar-refractivity contribution in [1.82, 2.24) is 9.88 Å². The molecular formula is C19H23ClN4O4S. The number of benzene rings is 1. The van der Waals surface area contributed by atoms with Gasteiger partial charge in [0, 0.05) is 22.9 Å². The molecule has 0 radical (unpaired) electrons. The van der Waals surface area contributed by atoms with Crippen LogP contribution in [0.15, 0.2) is 18.2 Å². The van der Waals surface area contributed by atoms with E-state index in [1.54, 1.807) is 23.1 Å². The zero-order valence-corrected chi connectivity index (χ0v) is 18.2. The third-order valence-corrected chi connectivity index (χ3v) is 5.25. The summed E-state index contributed by atoms with van der Waals surface area (Å²) in [6, 6.07) is 4.49. The van der Waals surface area contributed by atoms with E-state index in [1.165, 1.54) is 18.4 Å². The summed E-state index contributed by atoms with van der Waals surface area (Å²) in [6.07, 6.45) is 0.257. The molecule has 3 rings (SSSR count). The number of fused-ring (bicyclic) bond motifs is 1. The van der Waals surface area contributed by atoms with Crippen LogP contribution >= 0.6 is 22.9 Å². The molecule has 2 N–H and O–H groups in total. The van der Waals surface area contributed by atoms with Crippen molar-refractivity contribution >= 4 is 45.9 Å². The van der Waals surface area contributed by atoms with Crippen molar-refractivity contribution in [1.29, 1.82) is 0 Å². The minimum Gasteiger partial charge on any atom is -0.495 e. The molecule has 0 unspecified atom stereocenters. The lowest BCUT2D eigenvalue weighted by Crippen LogP contribution is -2.39. The van der Waals surface area contributed by atoms with Crippen LogP contribution in [0.4, 0.5) is 20.4 Å². The second-order valence-electron chi connectivity index (χ2n) is 7.46. The molecule has 0 saturated carbocycles. The summed E-state index contributed by atoms with van der Waals surface area (Å²) < 4.78 is 10.7. The molecule has 0 saturated heterocycles. The minimum absolute atomic E-state index is 0.350. The van der Waals surface area contributed by atoms with Gasteiger partial charge in [0.15, 0.2) is 5.13 Å². The molecule has 2 heterocycles. The van der Waals surface area contributed by atoms with E-state index in [1.807, 2.05) is 20.8 Å². The van der Waals surface area contributed by atoms with Gasteiger partial charge in [-0.2, -0.15) is 0 Å². The van der Waals surface area contributed by atoms with Crippen LogP contribution < -0.4 is 15.4 Å². The minimum atomic E-state index is -0.544. The van der Waals surface area contributed by atoms with E-state index in [2.05, 4.69) is 15.6 Å². The molecule has 8 nitrogen and oxygen atoms in total. The number of hydrogen-bond acceptors (Lipinski definition) is 6. The molecule has 0 spiro atoms. The number of carbonyl (C=O) groups excluding carboxylic acids is 2. The van der Waals surface area contributed by atoms with Crippen molar-refractivity contribution in [3.05, 3.63) is 33.8 Å². The number of anilines is 2. The predicted octanol–water partition coefficient (Wildman–Crippen LogP) is 4.74. The van der Waals surface area contributed by atoms with Gasteiger partial charge in [0.2, 0.25) is 0 Å². The number of carbonyl (C=O) groups is 2. The summed E-state index contributed by atoms with van der Waals surface area (Å²) in [7, 11) is 1.51. The highest BCUT2D eigenvalue weighted by Gasteiger charge is 2.28. The number of thiazole rings is 1. The Morgan fingerprint density at radius 1 is 1.28 bits per heavy atom. The molecule has 29 heavy (non-hydrogen) atoms. The molecule has 0 fully saturated rings. The van der Waals surface area contributed by atoms with E-state index >= 15 is 0 Å². The summed E-state index contributed by atoms with van der Waals surface area (Å²) in [5.74, 6) is 0.496. The largest absolute Gasteiger partial charge is 0.495 e. The average Bonchev–Trinajstić information content (AvgIpc) is 3.01. The van der Waals surface area contributed by atoms with Crippen molar-refractivity contribution in [3.8, 4) is 5.75 Å². The smallest absolute Gasteiger partial charge is 0.410 e. The molecule has 1 aliphatic rings. The molecule has 0 aliphatic carbocycles. The van der Waals surface area contributed by atoms with Crippen molar-refractivity contribution in [2.24, 2.45) is 0 Å². The lowest BCUT2D eigenvalue weighted by atomic mass is 10.2. The summed E-state index contributed by atoms with van der Waals surface area (Å²) in [6.45, 7) is 6.44. The zero-order valence-electron chi connectivity index (χ0n) is 16.7. The van der Waals surface area contributed by atoms with Gasteiger partial charge >= 0.3 is 12.1 Å². The Morgan fingerprint density at radius 3 is 2.72 bits per heavy atom. The van der Waals surface area contributed by atoms with Gasteiger partial charge in [-0.05, 0) is 39.0 Å². The number of halogens is 1. The van der Waals surface area contributed by atoms with E-state index in [0.717, 1.165) is 10.6 Å². The van der Waals surface area contributed by atoms with E-state index < -0.39 is 11.6 Å². The van der Waals surface area contributed by atoms with Crippen LogP contribution in [-0.2, 0) is 17.7 Å². The summed E-state index contributed by atoms with van der Waals surface area (Å²) in [5.41, 5.74) is 0.789. The molecular weight excluding hydrogens is 416 g/mol. The Balaban J connectivity index is 1.64. The normalized spacial score (nSPS) is 13.5. The van der Waals surface area contributed by atoms with Crippen molar-refractivity contribution < 1.29 is 19.1 Å². The maximum absolute atomic E-state index is 12.4. The van der Waals surface area contributed by atoms with Gasteiger partial charge in [-0.25, -0.2) is 14.6 Å². The second-order valence-corrected chi connectivity index (χ2v) is 8.98. The van der Waals surface area contributed by atoms with Gasteiger partial charge < -0.3 is 19.7 Å². The van der Waals surface area contributed by atoms with E-state index in [-0.39, 0.29) is 6.09 Å². The number of hydrogen-bond donors (Lipinski definition) is 2. The quantitative estimate of drug-likeness (QED) is 0.721. The van der Waals surface area contributed by atoms with Crippen LogP contribution in [0.3, 0.4) is 0 Å². The maximum Gasteiger partial charge on any atom is 0.410 e. The fourth-order valence-corrected chi connectivity index (χ4v) is 3.95. The fourth-order valence-electron chi connectivity index (χ4n) is 2.76. The van der Waals surface area contributed by atoms with Gasteiger partial charge in [0.25, 0.3) is 0 Å².